The monoisotopic (exact) mass is 415 g/mol. The Hall–Kier alpha value is -1.94. The van der Waals surface area contributed by atoms with Gasteiger partial charge in [-0.1, -0.05) is 18.2 Å². The van der Waals surface area contributed by atoms with Crippen molar-refractivity contribution in [3.63, 3.8) is 0 Å². The number of halogens is 1. The first-order valence-electron chi connectivity index (χ1n) is 7.99. The van der Waals surface area contributed by atoms with E-state index in [4.69, 9.17) is 5.26 Å². The first-order valence-corrected chi connectivity index (χ1v) is 9.60. The molecule has 2 aromatic heterocycles. The number of hydrogen-bond donors (Lipinski definition) is 0. The number of benzene rings is 1. The number of thiophene rings is 1. The van der Waals surface area contributed by atoms with Crippen molar-refractivity contribution < 1.29 is 4.79 Å². The molecule has 2 heterocycles. The van der Waals surface area contributed by atoms with E-state index < -0.39 is 0 Å². The Morgan fingerprint density at radius 2 is 2.12 bits per heavy atom. The highest BCUT2D eigenvalue weighted by Crippen LogP contribution is 2.24. The number of likely N-dealkylation sites (N-methyl/N-ethyl adjacent to an activating group) is 1. The molecule has 0 aliphatic carbocycles. The Morgan fingerprint density at radius 3 is 2.84 bits per heavy atom. The molecular formula is C19H18BrN3OS. The van der Waals surface area contributed by atoms with Gasteiger partial charge in [-0.25, -0.2) is 0 Å². The third kappa shape index (κ3) is 4.18. The van der Waals surface area contributed by atoms with E-state index in [9.17, 15) is 4.79 Å². The lowest BCUT2D eigenvalue weighted by atomic mass is 10.1. The molecule has 0 amide bonds. The van der Waals surface area contributed by atoms with E-state index in [0.29, 0.717) is 19.5 Å². The van der Waals surface area contributed by atoms with Crippen molar-refractivity contribution in [2.75, 3.05) is 13.6 Å². The molecule has 0 saturated carbocycles. The van der Waals surface area contributed by atoms with Crippen LogP contribution in [0.25, 0.3) is 10.9 Å². The van der Waals surface area contributed by atoms with Crippen LogP contribution in [0.2, 0.25) is 0 Å². The molecule has 0 unspecified atom stereocenters. The summed E-state index contributed by atoms with van der Waals surface area (Å²) in [6, 6.07) is 14.1. The van der Waals surface area contributed by atoms with Crippen LogP contribution in [-0.2, 0) is 13.1 Å². The second-order valence-electron chi connectivity index (χ2n) is 5.96. The van der Waals surface area contributed by atoms with Crippen LogP contribution in [0.5, 0.6) is 0 Å². The van der Waals surface area contributed by atoms with Gasteiger partial charge in [0.25, 0.3) is 0 Å². The van der Waals surface area contributed by atoms with Crippen molar-refractivity contribution in [3.05, 3.63) is 56.8 Å². The summed E-state index contributed by atoms with van der Waals surface area (Å²) < 4.78 is 3.10. The van der Waals surface area contributed by atoms with Crippen LogP contribution in [0, 0.1) is 11.3 Å². The van der Waals surface area contributed by atoms with E-state index in [1.54, 1.807) is 11.3 Å². The highest BCUT2D eigenvalue weighted by Gasteiger charge is 2.16. The van der Waals surface area contributed by atoms with Crippen molar-refractivity contribution in [1.82, 2.24) is 9.47 Å². The minimum Gasteiger partial charge on any atom is -0.346 e. The Labute approximate surface area is 159 Å². The standard InChI is InChI=1S/C19H18BrN3OS/c1-22(11-14-7-8-19(20)25-14)13-18(24)16-12-23(10-4-9-21)17-6-3-2-5-15(16)17/h2-3,5-8,12H,4,10-11,13H2,1H3. The molecule has 0 atom stereocenters. The van der Waals surface area contributed by atoms with E-state index in [-0.39, 0.29) is 5.78 Å². The average Bonchev–Trinajstić information content (AvgIpc) is 3.16. The van der Waals surface area contributed by atoms with E-state index in [1.807, 2.05) is 53.0 Å². The quantitative estimate of drug-likeness (QED) is 0.525. The molecule has 25 heavy (non-hydrogen) atoms. The van der Waals surface area contributed by atoms with Crippen LogP contribution in [0.3, 0.4) is 0 Å². The number of carbonyl (C=O) groups excluding carboxylic acids is 1. The van der Waals surface area contributed by atoms with Gasteiger partial charge < -0.3 is 4.57 Å². The summed E-state index contributed by atoms with van der Waals surface area (Å²) in [5, 5.41) is 9.79. The molecule has 128 valence electrons. The Morgan fingerprint density at radius 1 is 1.32 bits per heavy atom. The zero-order chi connectivity index (χ0) is 17.8. The lowest BCUT2D eigenvalue weighted by Crippen LogP contribution is -2.25. The van der Waals surface area contributed by atoms with Crippen LogP contribution in [0.4, 0.5) is 0 Å². The topological polar surface area (TPSA) is 49.0 Å². The molecule has 0 bridgehead atoms. The van der Waals surface area contributed by atoms with Gasteiger partial charge in [0.15, 0.2) is 5.78 Å². The number of aryl methyl sites for hydroxylation is 1. The fourth-order valence-electron chi connectivity index (χ4n) is 2.91. The SMILES string of the molecule is CN(CC(=O)c1cn(CCC#N)c2ccccc12)Cc1ccc(Br)s1. The number of aromatic nitrogens is 1. The number of hydrogen-bond acceptors (Lipinski definition) is 4. The van der Waals surface area contributed by atoms with E-state index in [0.717, 1.165) is 26.8 Å². The van der Waals surface area contributed by atoms with Crippen LogP contribution in [0.1, 0.15) is 21.7 Å². The zero-order valence-corrected chi connectivity index (χ0v) is 16.3. The lowest BCUT2D eigenvalue weighted by Gasteiger charge is -2.14. The molecule has 0 radical (unpaired) electrons. The molecule has 0 aliphatic rings. The highest BCUT2D eigenvalue weighted by molar-refractivity contribution is 9.11. The first-order chi connectivity index (χ1) is 12.1. The molecule has 3 rings (SSSR count). The molecule has 0 aliphatic heterocycles. The fourth-order valence-corrected chi connectivity index (χ4v) is 4.48. The summed E-state index contributed by atoms with van der Waals surface area (Å²) in [5.41, 5.74) is 1.73. The number of rotatable bonds is 7. The van der Waals surface area contributed by atoms with Crippen molar-refractivity contribution in [3.8, 4) is 6.07 Å². The summed E-state index contributed by atoms with van der Waals surface area (Å²) in [7, 11) is 1.96. The van der Waals surface area contributed by atoms with Gasteiger partial charge in [0.2, 0.25) is 0 Å². The molecular weight excluding hydrogens is 398 g/mol. The van der Waals surface area contributed by atoms with Crippen molar-refractivity contribution >= 4 is 44.0 Å². The predicted molar refractivity (Wildman–Crippen MR) is 105 cm³/mol. The number of ketones is 1. The highest BCUT2D eigenvalue weighted by atomic mass is 79.9. The van der Waals surface area contributed by atoms with Crippen molar-refractivity contribution in [2.24, 2.45) is 0 Å². The third-order valence-electron chi connectivity index (χ3n) is 4.02. The molecule has 0 spiro atoms. The number of Topliss-reactive ketones (excluding diaryl/α,β-unsaturated/α-hetero) is 1. The molecule has 4 nitrogen and oxygen atoms in total. The number of nitriles is 1. The summed E-state index contributed by atoms with van der Waals surface area (Å²) in [6.45, 7) is 1.71. The second-order valence-corrected chi connectivity index (χ2v) is 8.51. The van der Waals surface area contributed by atoms with E-state index >= 15 is 0 Å². The van der Waals surface area contributed by atoms with Crippen LogP contribution >= 0.6 is 27.3 Å². The maximum absolute atomic E-state index is 12.8. The molecule has 0 saturated heterocycles. The van der Waals surface area contributed by atoms with Crippen LogP contribution < -0.4 is 0 Å². The summed E-state index contributed by atoms with van der Waals surface area (Å²) >= 11 is 5.15. The van der Waals surface area contributed by atoms with Gasteiger partial charge in [-0.05, 0) is 41.2 Å². The number of fused-ring (bicyclic) bond motifs is 1. The molecule has 1 aromatic carbocycles. The lowest BCUT2D eigenvalue weighted by molar-refractivity contribution is 0.0945. The van der Waals surface area contributed by atoms with E-state index in [2.05, 4.69) is 28.1 Å². The minimum atomic E-state index is 0.102. The summed E-state index contributed by atoms with van der Waals surface area (Å²) in [6.07, 6.45) is 2.32. The van der Waals surface area contributed by atoms with Crippen LogP contribution in [0.15, 0.2) is 46.4 Å². The van der Waals surface area contributed by atoms with Gasteiger partial charge in [0, 0.05) is 40.6 Å². The summed E-state index contributed by atoms with van der Waals surface area (Å²) in [5.74, 6) is 0.102. The smallest absolute Gasteiger partial charge is 0.178 e. The fraction of sp³-hybridized carbons (Fsp3) is 0.263. The van der Waals surface area contributed by atoms with Gasteiger partial charge in [0.1, 0.15) is 0 Å². The minimum absolute atomic E-state index is 0.102. The summed E-state index contributed by atoms with van der Waals surface area (Å²) in [4.78, 5) is 16.1. The average molecular weight is 416 g/mol. The zero-order valence-electron chi connectivity index (χ0n) is 13.9. The number of nitrogens with zero attached hydrogens (tertiary/aromatic N) is 3. The maximum Gasteiger partial charge on any atom is 0.178 e. The molecule has 3 aromatic rings. The van der Waals surface area contributed by atoms with Gasteiger partial charge in [-0.2, -0.15) is 5.26 Å². The Bertz CT molecular complexity index is 938. The third-order valence-corrected chi connectivity index (χ3v) is 5.63. The van der Waals surface area contributed by atoms with Crippen molar-refractivity contribution in [2.45, 2.75) is 19.5 Å². The number of para-hydroxylation sites is 1. The van der Waals surface area contributed by atoms with Gasteiger partial charge in [-0.15, -0.1) is 11.3 Å². The van der Waals surface area contributed by atoms with Gasteiger partial charge in [-0.3, -0.25) is 9.69 Å². The Kier molecular flexibility index (Phi) is 5.69. The normalized spacial score (nSPS) is 11.1. The van der Waals surface area contributed by atoms with Gasteiger partial charge >= 0.3 is 0 Å². The van der Waals surface area contributed by atoms with E-state index in [1.165, 1.54) is 4.88 Å². The Balaban J connectivity index is 1.78. The maximum atomic E-state index is 12.8. The first kappa shape index (κ1) is 17.9. The van der Waals surface area contributed by atoms with Crippen LogP contribution in [-0.4, -0.2) is 28.8 Å². The second kappa shape index (κ2) is 7.96. The molecule has 0 fully saturated rings. The molecule has 6 heteroatoms. The van der Waals surface area contributed by atoms with Gasteiger partial charge in [0.05, 0.1) is 22.8 Å². The molecule has 0 N–H and O–H groups in total. The largest absolute Gasteiger partial charge is 0.346 e. The predicted octanol–water partition coefficient (Wildman–Crippen LogP) is 4.69. The van der Waals surface area contributed by atoms with Crippen molar-refractivity contribution in [1.29, 1.82) is 5.26 Å². The number of carbonyl (C=O) groups is 1.